The molecule has 0 bridgehead atoms. The van der Waals surface area contributed by atoms with Crippen LogP contribution in [0.3, 0.4) is 0 Å². The molecule has 0 aliphatic carbocycles. The fraction of sp³-hybridized carbons (Fsp3) is 0.533. The van der Waals surface area contributed by atoms with Crippen molar-refractivity contribution in [3.05, 3.63) is 34.3 Å². The second-order valence-corrected chi connectivity index (χ2v) is 5.73. The van der Waals surface area contributed by atoms with Crippen molar-refractivity contribution in [2.45, 2.75) is 12.8 Å². The molecule has 0 aliphatic heterocycles. The van der Waals surface area contributed by atoms with Crippen LogP contribution in [0.4, 0.5) is 0 Å². The maximum Gasteiger partial charge on any atom is 0.234 e. The summed E-state index contributed by atoms with van der Waals surface area (Å²) in [6.07, 6.45) is 1.80. The number of amides is 1. The van der Waals surface area contributed by atoms with Crippen LogP contribution in [0.2, 0.25) is 0 Å². The lowest BCUT2D eigenvalue weighted by molar-refractivity contribution is -0.121. The Bertz CT molecular complexity index is 395. The maximum absolute atomic E-state index is 11.7. The smallest absolute Gasteiger partial charge is 0.234 e. The van der Waals surface area contributed by atoms with E-state index in [2.05, 4.69) is 33.4 Å². The Hall–Kier alpha value is -0.910. The Kier molecular flexibility index (Phi) is 8.49. The third-order valence-electron chi connectivity index (χ3n) is 2.96. The van der Waals surface area contributed by atoms with Crippen LogP contribution in [0.5, 0.6) is 0 Å². The van der Waals surface area contributed by atoms with Crippen LogP contribution < -0.4 is 5.32 Å². The second kappa shape index (κ2) is 9.91. The van der Waals surface area contributed by atoms with Crippen LogP contribution in [-0.2, 0) is 16.0 Å². The third kappa shape index (κ3) is 7.62. The zero-order chi connectivity index (χ0) is 14.8. The summed E-state index contributed by atoms with van der Waals surface area (Å²) in [5.74, 6) is 0.0689. The lowest BCUT2D eigenvalue weighted by Crippen LogP contribution is -2.36. The van der Waals surface area contributed by atoms with Crippen LogP contribution in [0, 0.1) is 0 Å². The highest BCUT2D eigenvalue weighted by Crippen LogP contribution is 2.10. The normalized spacial score (nSPS) is 10.8. The number of nitrogens with one attached hydrogen (secondary N) is 1. The van der Waals surface area contributed by atoms with Gasteiger partial charge in [-0.05, 0) is 37.6 Å². The summed E-state index contributed by atoms with van der Waals surface area (Å²) >= 11 is 3.42. The first-order valence-corrected chi connectivity index (χ1v) is 7.59. The monoisotopic (exact) mass is 342 g/mol. The summed E-state index contributed by atoms with van der Waals surface area (Å²) < 4.78 is 6.02. The van der Waals surface area contributed by atoms with Crippen LogP contribution in [-0.4, -0.2) is 51.2 Å². The van der Waals surface area contributed by atoms with Gasteiger partial charge in [0.2, 0.25) is 5.91 Å². The van der Waals surface area contributed by atoms with Gasteiger partial charge in [-0.1, -0.05) is 28.1 Å². The van der Waals surface area contributed by atoms with Crippen LogP contribution in [0.15, 0.2) is 28.7 Å². The maximum atomic E-state index is 11.7. The molecule has 5 heteroatoms. The molecule has 112 valence electrons. The van der Waals surface area contributed by atoms with E-state index in [1.165, 1.54) is 5.56 Å². The summed E-state index contributed by atoms with van der Waals surface area (Å²) in [6, 6.07) is 8.28. The molecule has 0 heterocycles. The minimum atomic E-state index is 0.0689. The molecule has 0 unspecified atom stereocenters. The molecule has 0 spiro atoms. The van der Waals surface area contributed by atoms with E-state index in [9.17, 15) is 4.79 Å². The molecule has 4 nitrogen and oxygen atoms in total. The number of methoxy groups -OCH3 is 1. The predicted molar refractivity (Wildman–Crippen MR) is 84.8 cm³/mol. The van der Waals surface area contributed by atoms with Crippen molar-refractivity contribution in [1.82, 2.24) is 10.2 Å². The standard InChI is InChI=1S/C15H23BrN2O2/c1-18(12-15(19)17-9-3-11-20-2)10-8-13-4-6-14(16)7-5-13/h4-7H,3,8-12H2,1-2H3,(H,17,19). The first kappa shape index (κ1) is 17.1. The Morgan fingerprint density at radius 1 is 1.35 bits per heavy atom. The summed E-state index contributed by atoms with van der Waals surface area (Å²) in [5.41, 5.74) is 1.28. The van der Waals surface area contributed by atoms with Gasteiger partial charge in [-0.3, -0.25) is 9.69 Å². The van der Waals surface area contributed by atoms with E-state index in [0.29, 0.717) is 19.7 Å². The highest BCUT2D eigenvalue weighted by atomic mass is 79.9. The molecule has 0 fully saturated rings. The minimum Gasteiger partial charge on any atom is -0.385 e. The van der Waals surface area contributed by atoms with E-state index < -0.39 is 0 Å². The van der Waals surface area contributed by atoms with Crippen LogP contribution in [0.1, 0.15) is 12.0 Å². The lowest BCUT2D eigenvalue weighted by atomic mass is 10.1. The first-order chi connectivity index (χ1) is 9.61. The molecule has 1 amide bonds. The molecule has 1 aromatic carbocycles. The molecule has 0 aliphatic rings. The van der Waals surface area contributed by atoms with Gasteiger partial charge in [-0.25, -0.2) is 0 Å². The number of benzene rings is 1. The van der Waals surface area contributed by atoms with Crippen LogP contribution >= 0.6 is 15.9 Å². The average molecular weight is 343 g/mol. The lowest BCUT2D eigenvalue weighted by Gasteiger charge is -2.16. The molecule has 0 atom stereocenters. The topological polar surface area (TPSA) is 41.6 Å². The van der Waals surface area contributed by atoms with Gasteiger partial charge in [0, 0.05) is 31.3 Å². The molecule has 1 aromatic rings. The van der Waals surface area contributed by atoms with Gasteiger partial charge < -0.3 is 10.1 Å². The molecule has 0 saturated carbocycles. The minimum absolute atomic E-state index is 0.0689. The predicted octanol–water partition coefficient (Wildman–Crippen LogP) is 2.08. The van der Waals surface area contributed by atoms with Gasteiger partial charge in [-0.15, -0.1) is 0 Å². The molecule has 0 aromatic heterocycles. The number of hydrogen-bond acceptors (Lipinski definition) is 3. The van der Waals surface area contributed by atoms with Crippen LogP contribution in [0.25, 0.3) is 0 Å². The highest BCUT2D eigenvalue weighted by Gasteiger charge is 2.06. The number of ether oxygens (including phenoxy) is 1. The molecular formula is C15H23BrN2O2. The summed E-state index contributed by atoms with van der Waals surface area (Å²) in [5, 5.41) is 2.89. The van der Waals surface area contributed by atoms with Crippen molar-refractivity contribution in [2.75, 3.05) is 40.4 Å². The number of nitrogens with zero attached hydrogens (tertiary/aromatic N) is 1. The highest BCUT2D eigenvalue weighted by molar-refractivity contribution is 9.10. The Balaban J connectivity index is 2.17. The van der Waals surface area contributed by atoms with Gasteiger partial charge in [0.05, 0.1) is 6.54 Å². The van der Waals surface area contributed by atoms with Gasteiger partial charge in [-0.2, -0.15) is 0 Å². The molecule has 1 N–H and O–H groups in total. The van der Waals surface area contributed by atoms with E-state index in [1.807, 2.05) is 24.1 Å². The Morgan fingerprint density at radius 2 is 2.05 bits per heavy atom. The van der Waals surface area contributed by atoms with E-state index in [1.54, 1.807) is 7.11 Å². The van der Waals surface area contributed by atoms with Gasteiger partial charge >= 0.3 is 0 Å². The van der Waals surface area contributed by atoms with Gasteiger partial charge in [0.1, 0.15) is 0 Å². The van der Waals surface area contributed by atoms with Crippen molar-refractivity contribution in [1.29, 1.82) is 0 Å². The second-order valence-electron chi connectivity index (χ2n) is 4.81. The Morgan fingerprint density at radius 3 is 2.70 bits per heavy atom. The summed E-state index contributed by atoms with van der Waals surface area (Å²) in [4.78, 5) is 13.7. The van der Waals surface area contributed by atoms with Crippen molar-refractivity contribution >= 4 is 21.8 Å². The zero-order valence-corrected chi connectivity index (χ0v) is 13.8. The quantitative estimate of drug-likeness (QED) is 0.698. The molecular weight excluding hydrogens is 320 g/mol. The van der Waals surface area contributed by atoms with Crippen molar-refractivity contribution in [3.63, 3.8) is 0 Å². The van der Waals surface area contributed by atoms with Gasteiger partial charge in [0.25, 0.3) is 0 Å². The van der Waals surface area contributed by atoms with E-state index in [4.69, 9.17) is 4.74 Å². The van der Waals surface area contributed by atoms with Gasteiger partial charge in [0.15, 0.2) is 0 Å². The summed E-state index contributed by atoms with van der Waals surface area (Å²) in [7, 11) is 3.63. The number of likely N-dealkylation sites (N-methyl/N-ethyl adjacent to an activating group) is 1. The van der Waals surface area contributed by atoms with E-state index >= 15 is 0 Å². The Labute approximate surface area is 129 Å². The summed E-state index contributed by atoms with van der Waals surface area (Å²) in [6.45, 7) is 2.66. The molecule has 20 heavy (non-hydrogen) atoms. The molecule has 0 saturated heterocycles. The molecule has 0 radical (unpaired) electrons. The number of hydrogen-bond donors (Lipinski definition) is 1. The largest absolute Gasteiger partial charge is 0.385 e. The van der Waals surface area contributed by atoms with Crippen molar-refractivity contribution in [2.24, 2.45) is 0 Å². The first-order valence-electron chi connectivity index (χ1n) is 6.80. The zero-order valence-electron chi connectivity index (χ0n) is 12.2. The number of carbonyl (C=O) groups is 1. The van der Waals surface area contributed by atoms with Crippen molar-refractivity contribution < 1.29 is 9.53 Å². The SMILES string of the molecule is COCCCNC(=O)CN(C)CCc1ccc(Br)cc1. The number of halogens is 1. The fourth-order valence-electron chi connectivity index (χ4n) is 1.80. The third-order valence-corrected chi connectivity index (χ3v) is 3.49. The number of rotatable bonds is 9. The van der Waals surface area contributed by atoms with E-state index in [0.717, 1.165) is 23.9 Å². The molecule has 1 rings (SSSR count). The number of carbonyl (C=O) groups excluding carboxylic acids is 1. The average Bonchev–Trinajstić information content (AvgIpc) is 2.43. The van der Waals surface area contributed by atoms with Crippen molar-refractivity contribution in [3.8, 4) is 0 Å². The van der Waals surface area contributed by atoms with E-state index in [-0.39, 0.29) is 5.91 Å². The fourth-order valence-corrected chi connectivity index (χ4v) is 2.06.